The van der Waals surface area contributed by atoms with Crippen LogP contribution in [-0.2, 0) is 27.8 Å². The number of hydrogen-bond acceptors (Lipinski definition) is 7. The average Bonchev–Trinajstić information content (AvgIpc) is 3.22. The van der Waals surface area contributed by atoms with E-state index in [0.717, 1.165) is 24.8 Å². The molecule has 2 aromatic carbocycles. The van der Waals surface area contributed by atoms with Crippen LogP contribution in [-0.4, -0.2) is 31.1 Å². The van der Waals surface area contributed by atoms with Crippen LogP contribution in [0.1, 0.15) is 54.9 Å². The van der Waals surface area contributed by atoms with Gasteiger partial charge in [-0.25, -0.2) is 8.42 Å². The Balaban J connectivity index is 1.44. The molecule has 0 unspecified atom stereocenters. The molecule has 1 fully saturated rings. The van der Waals surface area contributed by atoms with Gasteiger partial charge in [-0.05, 0) is 49.4 Å². The van der Waals surface area contributed by atoms with Crippen LogP contribution in [0, 0.1) is 6.92 Å². The van der Waals surface area contributed by atoms with Crippen molar-refractivity contribution in [3.05, 3.63) is 59.2 Å². The number of fused-ring (bicyclic) bond motifs is 1. The number of nitrogens with one attached hydrogen (secondary N) is 1. The summed E-state index contributed by atoms with van der Waals surface area (Å²) in [4.78, 5) is 18.7. The van der Waals surface area contributed by atoms with Gasteiger partial charge in [-0.1, -0.05) is 36.7 Å². The molecule has 2 aliphatic rings. The van der Waals surface area contributed by atoms with E-state index in [1.54, 1.807) is 25.1 Å². The Hall–Kier alpha value is -3.40. The molecule has 34 heavy (non-hydrogen) atoms. The molecule has 3 aromatic rings. The molecule has 9 nitrogen and oxygen atoms in total. The summed E-state index contributed by atoms with van der Waals surface area (Å²) in [6.45, 7) is 3.59. The van der Waals surface area contributed by atoms with Crippen molar-refractivity contribution < 1.29 is 22.5 Å². The highest BCUT2D eigenvalue weighted by molar-refractivity contribution is 7.92. The van der Waals surface area contributed by atoms with E-state index in [9.17, 15) is 13.2 Å². The Morgan fingerprint density at radius 1 is 1.21 bits per heavy atom. The highest BCUT2D eigenvalue weighted by Crippen LogP contribution is 2.38. The van der Waals surface area contributed by atoms with E-state index >= 15 is 0 Å². The second-order valence-electron chi connectivity index (χ2n) is 8.65. The lowest BCUT2D eigenvalue weighted by Crippen LogP contribution is -2.38. The summed E-state index contributed by atoms with van der Waals surface area (Å²) in [5.74, 6) is 1.38. The smallest absolute Gasteiger partial charge is 0.265 e. The lowest BCUT2D eigenvalue weighted by atomic mass is 9.85. The zero-order valence-corrected chi connectivity index (χ0v) is 19.9. The number of carbonyl (C=O) groups is 1. The lowest BCUT2D eigenvalue weighted by molar-refractivity contribution is -0.121. The van der Waals surface area contributed by atoms with Crippen molar-refractivity contribution in [2.45, 2.75) is 56.9 Å². The molecular weight excluding hydrogens is 456 g/mol. The molecule has 1 amide bonds. The number of nitrogens with zero attached hydrogens (tertiary/aromatic N) is 3. The number of anilines is 2. The molecule has 1 aliphatic carbocycles. The minimum Gasteiger partial charge on any atom is -0.482 e. The minimum atomic E-state index is -3.88. The summed E-state index contributed by atoms with van der Waals surface area (Å²) in [7, 11) is -3.88. The summed E-state index contributed by atoms with van der Waals surface area (Å²) < 4.78 is 40.1. The third kappa shape index (κ3) is 4.13. The van der Waals surface area contributed by atoms with E-state index in [2.05, 4.69) is 14.9 Å². The molecule has 10 heteroatoms. The number of carbonyl (C=O) groups excluding carboxylic acids is 1. The summed E-state index contributed by atoms with van der Waals surface area (Å²) in [5, 5.41) is 4.04. The fourth-order valence-corrected chi connectivity index (χ4v) is 5.56. The summed E-state index contributed by atoms with van der Waals surface area (Å²) in [5.41, 5.74) is 2.42. The molecule has 1 aromatic heterocycles. The van der Waals surface area contributed by atoms with E-state index < -0.39 is 10.0 Å². The first-order chi connectivity index (χ1) is 16.4. The molecule has 1 N–H and O–H groups in total. The number of amides is 1. The van der Waals surface area contributed by atoms with Crippen LogP contribution >= 0.6 is 0 Å². The molecular formula is C24H26N4O5S. The standard InChI is InChI=1S/C24H26N4O5S/c1-3-16-7-4-5-10-18(16)27-34(30,31)21-12-20-19(11-15(21)2)28(23(29)14-32-20)13-22-25-24(33-26-22)17-8-6-9-17/h4-5,7,10-12,17,27H,3,6,8-9,13-14H2,1-2H3. The van der Waals surface area contributed by atoms with E-state index in [-0.39, 0.29) is 24.0 Å². The van der Waals surface area contributed by atoms with Crippen molar-refractivity contribution >= 4 is 27.3 Å². The molecule has 1 aliphatic heterocycles. The molecule has 0 atom stereocenters. The Bertz CT molecular complexity index is 1350. The number of hydrogen-bond donors (Lipinski definition) is 1. The Morgan fingerprint density at radius 2 is 2.00 bits per heavy atom. The van der Waals surface area contributed by atoms with Gasteiger partial charge in [0, 0.05) is 12.0 Å². The van der Waals surface area contributed by atoms with Gasteiger partial charge in [-0.3, -0.25) is 14.4 Å². The number of para-hydroxylation sites is 1. The number of aromatic nitrogens is 2. The third-order valence-corrected chi connectivity index (χ3v) is 7.88. The van der Waals surface area contributed by atoms with Crippen molar-refractivity contribution in [1.82, 2.24) is 10.1 Å². The zero-order chi connectivity index (χ0) is 23.9. The summed E-state index contributed by atoms with van der Waals surface area (Å²) in [6, 6.07) is 10.4. The van der Waals surface area contributed by atoms with E-state index in [1.165, 1.54) is 11.0 Å². The number of aryl methyl sites for hydroxylation is 2. The van der Waals surface area contributed by atoms with Crippen molar-refractivity contribution in [2.24, 2.45) is 0 Å². The zero-order valence-electron chi connectivity index (χ0n) is 19.1. The SMILES string of the molecule is CCc1ccccc1NS(=O)(=O)c1cc2c(cc1C)N(Cc1noc(C3CCC3)n1)C(=O)CO2. The number of benzene rings is 2. The largest absolute Gasteiger partial charge is 0.482 e. The predicted molar refractivity (Wildman–Crippen MR) is 125 cm³/mol. The highest BCUT2D eigenvalue weighted by atomic mass is 32.2. The van der Waals surface area contributed by atoms with Crippen LogP contribution in [0.2, 0.25) is 0 Å². The normalized spacial score (nSPS) is 16.1. The lowest BCUT2D eigenvalue weighted by Gasteiger charge is -2.29. The van der Waals surface area contributed by atoms with Gasteiger partial charge < -0.3 is 9.26 Å². The van der Waals surface area contributed by atoms with Gasteiger partial charge in [0.2, 0.25) is 5.89 Å². The number of ether oxygens (including phenoxy) is 1. The van der Waals surface area contributed by atoms with Crippen LogP contribution in [0.4, 0.5) is 11.4 Å². The maximum Gasteiger partial charge on any atom is 0.265 e. The Kier molecular flexibility index (Phi) is 5.76. The van der Waals surface area contributed by atoms with Crippen molar-refractivity contribution in [1.29, 1.82) is 0 Å². The molecule has 0 saturated heterocycles. The molecule has 2 heterocycles. The van der Waals surface area contributed by atoms with Gasteiger partial charge in [0.1, 0.15) is 5.75 Å². The van der Waals surface area contributed by atoms with Crippen LogP contribution in [0.25, 0.3) is 0 Å². The monoisotopic (exact) mass is 482 g/mol. The van der Waals surface area contributed by atoms with Gasteiger partial charge in [-0.2, -0.15) is 4.98 Å². The molecule has 0 bridgehead atoms. The summed E-state index contributed by atoms with van der Waals surface area (Å²) in [6.07, 6.45) is 3.92. The first-order valence-electron chi connectivity index (χ1n) is 11.4. The van der Waals surface area contributed by atoms with Gasteiger partial charge >= 0.3 is 0 Å². The minimum absolute atomic E-state index is 0.0956. The predicted octanol–water partition coefficient (Wildman–Crippen LogP) is 3.93. The van der Waals surface area contributed by atoms with Crippen molar-refractivity contribution in [3.8, 4) is 5.75 Å². The average molecular weight is 483 g/mol. The highest BCUT2D eigenvalue weighted by Gasteiger charge is 2.31. The van der Waals surface area contributed by atoms with E-state index in [1.807, 2.05) is 19.1 Å². The van der Waals surface area contributed by atoms with Gasteiger partial charge in [0.15, 0.2) is 12.4 Å². The second kappa shape index (κ2) is 8.75. The molecule has 178 valence electrons. The maximum absolute atomic E-state index is 13.2. The molecule has 5 rings (SSSR count). The molecule has 0 radical (unpaired) electrons. The topological polar surface area (TPSA) is 115 Å². The van der Waals surface area contributed by atoms with Crippen LogP contribution in [0.5, 0.6) is 5.75 Å². The van der Waals surface area contributed by atoms with E-state index in [0.29, 0.717) is 46.7 Å². The molecule has 1 saturated carbocycles. The Morgan fingerprint density at radius 3 is 2.74 bits per heavy atom. The molecule has 0 spiro atoms. The van der Waals surface area contributed by atoms with Gasteiger partial charge in [0.05, 0.1) is 22.8 Å². The maximum atomic E-state index is 13.2. The van der Waals surface area contributed by atoms with Crippen LogP contribution in [0.3, 0.4) is 0 Å². The third-order valence-electron chi connectivity index (χ3n) is 6.37. The first-order valence-corrected chi connectivity index (χ1v) is 12.8. The van der Waals surface area contributed by atoms with E-state index in [4.69, 9.17) is 9.26 Å². The van der Waals surface area contributed by atoms with Gasteiger partial charge in [0.25, 0.3) is 15.9 Å². The second-order valence-corrected chi connectivity index (χ2v) is 10.3. The van der Waals surface area contributed by atoms with Crippen molar-refractivity contribution in [2.75, 3.05) is 16.2 Å². The van der Waals surface area contributed by atoms with Crippen LogP contribution in [0.15, 0.2) is 45.8 Å². The fraction of sp³-hybridized carbons (Fsp3) is 0.375. The Labute approximate surface area is 198 Å². The van der Waals surface area contributed by atoms with Crippen LogP contribution < -0.4 is 14.4 Å². The fourth-order valence-electron chi connectivity index (χ4n) is 4.22. The van der Waals surface area contributed by atoms with Gasteiger partial charge in [-0.15, -0.1) is 0 Å². The van der Waals surface area contributed by atoms with Crippen molar-refractivity contribution in [3.63, 3.8) is 0 Å². The number of rotatable bonds is 7. The quantitative estimate of drug-likeness (QED) is 0.542. The first kappa shape index (κ1) is 22.4. The number of sulfonamides is 1. The summed E-state index contributed by atoms with van der Waals surface area (Å²) >= 11 is 0.